The molecule has 0 atom stereocenters. The number of hydrogen-bond donors (Lipinski definition) is 1. The van der Waals surface area contributed by atoms with E-state index in [4.69, 9.17) is 5.73 Å². The van der Waals surface area contributed by atoms with Crippen LogP contribution in [-0.2, 0) is 0 Å². The lowest BCUT2D eigenvalue weighted by Gasteiger charge is -2.07. The van der Waals surface area contributed by atoms with Crippen LogP contribution < -0.4 is 5.73 Å². The smallest absolute Gasteiger partial charge is 0.0851 e. The molecule has 0 bridgehead atoms. The zero-order valence-electron chi connectivity index (χ0n) is 16.8. The fourth-order valence-corrected chi connectivity index (χ4v) is 3.00. The van der Waals surface area contributed by atoms with E-state index in [1.165, 1.54) is 89.9 Å². The van der Waals surface area contributed by atoms with Crippen LogP contribution in [0.1, 0.15) is 104 Å². The normalized spacial score (nSPS) is 13.2. The maximum Gasteiger partial charge on any atom is 0.0851 e. The molecule has 24 heavy (non-hydrogen) atoms. The second-order valence-electron chi connectivity index (χ2n) is 7.04. The lowest BCUT2D eigenvalue weighted by molar-refractivity contribution is 0.494. The van der Waals surface area contributed by atoms with Crippen molar-refractivity contribution >= 4 is 6.34 Å². The number of aliphatic imine (C=N–C) groups is 1. The maximum absolute atomic E-state index is 5.47. The Bertz CT molecular complexity index is 239. The van der Waals surface area contributed by atoms with Gasteiger partial charge in [0.2, 0.25) is 0 Å². The molecule has 0 aromatic carbocycles. The molecule has 0 radical (unpaired) electrons. The third-order valence-corrected chi connectivity index (χ3v) is 4.73. The molecule has 2 N–H and O–H groups in total. The average molecular weight is 340 g/mol. The first-order valence-corrected chi connectivity index (χ1v) is 10.8. The van der Waals surface area contributed by atoms with Crippen molar-refractivity contribution in [3.63, 3.8) is 0 Å². The highest BCUT2D eigenvalue weighted by atomic mass is 15.2. The Kier molecular flexibility index (Phi) is 20.0. The minimum atomic E-state index is 0.873. The predicted molar refractivity (Wildman–Crippen MR) is 110 cm³/mol. The molecule has 0 aromatic rings. The molecular weight excluding hydrogens is 294 g/mol. The lowest BCUT2D eigenvalue weighted by atomic mass is 10.0. The van der Waals surface area contributed by atoms with E-state index in [1.54, 1.807) is 0 Å². The van der Waals surface area contributed by atoms with E-state index < -0.39 is 0 Å². The molecule has 0 spiro atoms. The van der Waals surface area contributed by atoms with Crippen molar-refractivity contribution < 1.29 is 0 Å². The van der Waals surface area contributed by atoms with Crippen molar-refractivity contribution in [3.05, 3.63) is 0 Å². The maximum atomic E-state index is 5.47. The van der Waals surface area contributed by atoms with E-state index in [-0.39, 0.29) is 0 Å². The lowest BCUT2D eigenvalue weighted by Crippen LogP contribution is -2.18. The topological polar surface area (TPSA) is 41.6 Å². The van der Waals surface area contributed by atoms with Crippen LogP contribution in [-0.4, -0.2) is 37.4 Å². The number of nitrogens with two attached hydrogens (primary N) is 1. The molecule has 0 fully saturated rings. The number of hydrogen-bond acceptors (Lipinski definition) is 3. The summed E-state index contributed by atoms with van der Waals surface area (Å²) in [5.41, 5.74) is 5.47. The molecule has 3 heteroatoms. The van der Waals surface area contributed by atoms with Gasteiger partial charge in [0.15, 0.2) is 0 Å². The van der Waals surface area contributed by atoms with E-state index in [9.17, 15) is 0 Å². The highest BCUT2D eigenvalue weighted by Crippen LogP contribution is 2.12. The molecule has 0 saturated heterocycles. The number of rotatable bonds is 15. The molecule has 0 amide bonds. The Morgan fingerprint density at radius 3 is 1.50 bits per heavy atom. The first-order chi connectivity index (χ1) is 11.8. The van der Waals surface area contributed by atoms with Crippen molar-refractivity contribution in [2.75, 3.05) is 26.2 Å². The fourth-order valence-electron chi connectivity index (χ4n) is 3.00. The quantitative estimate of drug-likeness (QED) is 0.384. The van der Waals surface area contributed by atoms with Gasteiger partial charge < -0.3 is 10.6 Å². The third-order valence-electron chi connectivity index (χ3n) is 4.73. The molecule has 1 heterocycles. The Labute approximate surface area is 152 Å². The van der Waals surface area contributed by atoms with Crippen LogP contribution in [0.3, 0.4) is 0 Å². The highest BCUT2D eigenvalue weighted by molar-refractivity contribution is 5.56. The van der Waals surface area contributed by atoms with E-state index >= 15 is 0 Å². The van der Waals surface area contributed by atoms with Gasteiger partial charge >= 0.3 is 0 Å². The highest BCUT2D eigenvalue weighted by Gasteiger charge is 1.98. The summed E-state index contributed by atoms with van der Waals surface area (Å²) >= 11 is 0. The summed E-state index contributed by atoms with van der Waals surface area (Å²) in [6.07, 6.45) is 21.8. The van der Waals surface area contributed by atoms with Gasteiger partial charge in [0.05, 0.1) is 12.9 Å². The molecule has 0 unspecified atom stereocenters. The van der Waals surface area contributed by atoms with E-state index in [0.29, 0.717) is 0 Å². The van der Waals surface area contributed by atoms with Gasteiger partial charge in [0.25, 0.3) is 0 Å². The first kappa shape index (κ1) is 23.4. The summed E-state index contributed by atoms with van der Waals surface area (Å²) in [6, 6.07) is 0. The van der Waals surface area contributed by atoms with Crippen LogP contribution in [0.2, 0.25) is 0 Å². The second-order valence-corrected chi connectivity index (χ2v) is 7.04. The van der Waals surface area contributed by atoms with Crippen LogP contribution in [0.15, 0.2) is 4.99 Å². The minimum absolute atomic E-state index is 0.873. The van der Waals surface area contributed by atoms with Crippen molar-refractivity contribution in [2.24, 2.45) is 10.7 Å². The van der Waals surface area contributed by atoms with Crippen LogP contribution in [0.4, 0.5) is 0 Å². The molecule has 0 aliphatic carbocycles. The van der Waals surface area contributed by atoms with E-state index in [1.807, 2.05) is 6.34 Å². The first-order valence-electron chi connectivity index (χ1n) is 10.8. The summed E-state index contributed by atoms with van der Waals surface area (Å²) in [5, 5.41) is 0. The van der Waals surface area contributed by atoms with Gasteiger partial charge in [-0.25, -0.2) is 0 Å². The summed E-state index contributed by atoms with van der Waals surface area (Å²) < 4.78 is 0. The molecule has 0 saturated carbocycles. The van der Waals surface area contributed by atoms with Crippen molar-refractivity contribution in [2.45, 2.75) is 104 Å². The SMILES string of the molecule is CCCCCCCCCCCCCCCCN.CCN1C=NCC1. The van der Waals surface area contributed by atoms with Crippen molar-refractivity contribution in [1.82, 2.24) is 4.90 Å². The molecule has 1 aliphatic heterocycles. The van der Waals surface area contributed by atoms with Gasteiger partial charge in [-0.05, 0) is 19.9 Å². The average Bonchev–Trinajstić information content (AvgIpc) is 3.13. The summed E-state index contributed by atoms with van der Waals surface area (Å²) in [5.74, 6) is 0. The Morgan fingerprint density at radius 2 is 1.21 bits per heavy atom. The van der Waals surface area contributed by atoms with Gasteiger partial charge in [0.1, 0.15) is 0 Å². The van der Waals surface area contributed by atoms with E-state index in [2.05, 4.69) is 23.7 Å². The van der Waals surface area contributed by atoms with Crippen LogP contribution in [0.5, 0.6) is 0 Å². The largest absolute Gasteiger partial charge is 0.361 e. The number of likely N-dealkylation sites (N-methyl/N-ethyl adjacent to an activating group) is 1. The standard InChI is InChI=1S/C16H35N.C5H10N2/c1-2-3-4-5-6-7-8-9-10-11-12-13-14-15-16-17;1-2-7-4-3-6-5-7/h2-17H2,1H3;5H,2-4H2,1H3. The van der Waals surface area contributed by atoms with Gasteiger partial charge in [-0.3, -0.25) is 4.99 Å². The Balaban J connectivity index is 0.000000620. The Morgan fingerprint density at radius 1 is 0.750 bits per heavy atom. The van der Waals surface area contributed by atoms with Crippen molar-refractivity contribution in [3.8, 4) is 0 Å². The van der Waals surface area contributed by atoms with E-state index in [0.717, 1.165) is 26.2 Å². The third kappa shape index (κ3) is 17.8. The molecule has 3 nitrogen and oxygen atoms in total. The predicted octanol–water partition coefficient (Wildman–Crippen LogP) is 5.78. The molecule has 144 valence electrons. The van der Waals surface area contributed by atoms with Crippen LogP contribution in [0.25, 0.3) is 0 Å². The fraction of sp³-hybridized carbons (Fsp3) is 0.952. The summed E-state index contributed by atoms with van der Waals surface area (Å²) in [7, 11) is 0. The molecule has 1 aliphatic rings. The zero-order chi connectivity index (χ0) is 17.7. The van der Waals surface area contributed by atoms with Gasteiger partial charge in [-0.15, -0.1) is 0 Å². The van der Waals surface area contributed by atoms with Gasteiger partial charge in [-0.1, -0.05) is 90.4 Å². The molecule has 1 rings (SSSR count). The molecular formula is C21H45N3. The van der Waals surface area contributed by atoms with Crippen LogP contribution >= 0.6 is 0 Å². The van der Waals surface area contributed by atoms with Gasteiger partial charge in [-0.2, -0.15) is 0 Å². The minimum Gasteiger partial charge on any atom is -0.361 e. The van der Waals surface area contributed by atoms with Gasteiger partial charge in [0, 0.05) is 13.1 Å². The summed E-state index contributed by atoms with van der Waals surface area (Å²) in [6.45, 7) is 8.51. The summed E-state index contributed by atoms with van der Waals surface area (Å²) in [4.78, 5) is 6.23. The molecule has 0 aromatic heterocycles. The Hall–Kier alpha value is -0.570. The second kappa shape index (κ2) is 20.5. The number of nitrogens with zero attached hydrogens (tertiary/aromatic N) is 2. The zero-order valence-corrected chi connectivity index (χ0v) is 16.8. The van der Waals surface area contributed by atoms with Crippen LogP contribution in [0, 0.1) is 0 Å². The monoisotopic (exact) mass is 339 g/mol. The van der Waals surface area contributed by atoms with Crippen molar-refractivity contribution in [1.29, 1.82) is 0 Å². The number of unbranched alkanes of at least 4 members (excludes halogenated alkanes) is 13.